The monoisotopic (exact) mass is 666 g/mol. The summed E-state index contributed by atoms with van der Waals surface area (Å²) in [5, 5.41) is 11.2. The Morgan fingerprint density at radius 2 is 1.71 bits per heavy atom. The number of fused-ring (bicyclic) bond motifs is 2. The summed E-state index contributed by atoms with van der Waals surface area (Å²) in [6.45, 7) is 2.26. The summed E-state index contributed by atoms with van der Waals surface area (Å²) in [4.78, 5) is 27.1. The van der Waals surface area contributed by atoms with Crippen LogP contribution in [0.5, 0.6) is 11.5 Å². The zero-order chi connectivity index (χ0) is 34.0. The summed E-state index contributed by atoms with van der Waals surface area (Å²) in [6.07, 6.45) is 3.98. The summed E-state index contributed by atoms with van der Waals surface area (Å²) < 4.78 is 49.7. The number of carbonyl (C=O) groups excluding carboxylic acids is 1. The van der Waals surface area contributed by atoms with Crippen molar-refractivity contribution in [2.24, 2.45) is 0 Å². The molecule has 13 heteroatoms. The van der Waals surface area contributed by atoms with E-state index in [1.165, 1.54) is 24.7 Å². The van der Waals surface area contributed by atoms with Crippen molar-refractivity contribution in [3.63, 3.8) is 0 Å². The zero-order valence-electron chi connectivity index (χ0n) is 26.5. The molecule has 0 bridgehead atoms. The van der Waals surface area contributed by atoms with E-state index in [-0.39, 0.29) is 16.4 Å². The maximum atomic E-state index is 14.7. The number of methoxy groups -OCH3 is 2. The van der Waals surface area contributed by atoms with Gasteiger partial charge in [-0.15, -0.1) is 0 Å². The van der Waals surface area contributed by atoms with Crippen LogP contribution in [-0.4, -0.2) is 49.8 Å². The number of aromatic nitrogens is 3. The minimum atomic E-state index is -3.57. The minimum Gasteiger partial charge on any atom is -0.497 e. The summed E-state index contributed by atoms with van der Waals surface area (Å²) in [7, 11) is -0.383. The third-order valence-corrected chi connectivity index (χ3v) is 8.97. The molecule has 0 aliphatic carbocycles. The standard InChI is InChI=1S/C35H31FN6O5S/c1-20-8-12-25-24(14-15-37-34(25)41-29-17-23(48(4,44)45)11-13-28(29)36)31(20)42-35(43)27-7-5-6-26-32(27)39-19-40-33(26)38-18-21-9-10-22(46-2)16-30(21)47-3/h5-17,19H,18H2,1-4H3,(H,37,41)(H,42,43)(H,38,39,40). The zero-order valence-corrected chi connectivity index (χ0v) is 27.3. The lowest BCUT2D eigenvalue weighted by Gasteiger charge is -2.16. The van der Waals surface area contributed by atoms with Crippen LogP contribution in [0.4, 0.5) is 27.4 Å². The molecule has 0 saturated heterocycles. The molecule has 2 heterocycles. The average molecular weight is 667 g/mol. The number of amides is 1. The second kappa shape index (κ2) is 13.1. The van der Waals surface area contributed by atoms with Gasteiger partial charge in [-0.25, -0.2) is 27.8 Å². The molecule has 2 aromatic heterocycles. The van der Waals surface area contributed by atoms with Gasteiger partial charge in [0.2, 0.25) is 0 Å². The first kappa shape index (κ1) is 32.1. The molecule has 0 aliphatic rings. The van der Waals surface area contributed by atoms with Crippen LogP contribution in [0.15, 0.2) is 90.2 Å². The Bertz CT molecular complexity index is 2320. The molecule has 0 saturated carbocycles. The Hall–Kier alpha value is -5.82. The van der Waals surface area contributed by atoms with Gasteiger partial charge in [0, 0.05) is 46.8 Å². The van der Waals surface area contributed by atoms with E-state index in [9.17, 15) is 17.6 Å². The van der Waals surface area contributed by atoms with Crippen molar-refractivity contribution in [3.8, 4) is 11.5 Å². The number of para-hydroxylation sites is 1. The van der Waals surface area contributed by atoms with Gasteiger partial charge >= 0.3 is 0 Å². The van der Waals surface area contributed by atoms with Crippen molar-refractivity contribution in [2.75, 3.05) is 36.4 Å². The SMILES string of the molecule is COc1ccc(CNc2ncnc3c(C(=O)Nc4c(C)ccc5c(Nc6cc(S(C)(=O)=O)ccc6F)nccc45)cccc23)c(OC)c1. The lowest BCUT2D eigenvalue weighted by molar-refractivity contribution is 0.102. The highest BCUT2D eigenvalue weighted by molar-refractivity contribution is 7.90. The van der Waals surface area contributed by atoms with E-state index in [1.54, 1.807) is 44.6 Å². The number of pyridine rings is 1. The maximum absolute atomic E-state index is 14.7. The number of sulfone groups is 1. The van der Waals surface area contributed by atoms with E-state index in [1.807, 2.05) is 31.2 Å². The highest BCUT2D eigenvalue weighted by Crippen LogP contribution is 2.34. The first-order chi connectivity index (χ1) is 23.1. The number of benzene rings is 4. The normalized spacial score (nSPS) is 11.4. The van der Waals surface area contributed by atoms with Crippen molar-refractivity contribution in [2.45, 2.75) is 18.4 Å². The lowest BCUT2D eigenvalue weighted by Crippen LogP contribution is -2.14. The van der Waals surface area contributed by atoms with Crippen LogP contribution < -0.4 is 25.4 Å². The van der Waals surface area contributed by atoms with E-state index < -0.39 is 21.6 Å². The van der Waals surface area contributed by atoms with Crippen LogP contribution in [0.1, 0.15) is 21.5 Å². The molecule has 11 nitrogen and oxygen atoms in total. The molecular formula is C35H31FN6O5S. The molecular weight excluding hydrogens is 635 g/mol. The number of aryl methyl sites for hydroxylation is 1. The number of nitrogens with one attached hydrogen (secondary N) is 3. The molecule has 0 radical (unpaired) electrons. The predicted octanol–water partition coefficient (Wildman–Crippen LogP) is 6.65. The number of rotatable bonds is 10. The van der Waals surface area contributed by atoms with Crippen LogP contribution in [0.2, 0.25) is 0 Å². The Morgan fingerprint density at radius 1 is 0.875 bits per heavy atom. The highest BCUT2D eigenvalue weighted by atomic mass is 32.2. The first-order valence-corrected chi connectivity index (χ1v) is 16.6. The summed E-state index contributed by atoms with van der Waals surface area (Å²) in [5.74, 6) is 1.13. The summed E-state index contributed by atoms with van der Waals surface area (Å²) >= 11 is 0. The molecule has 0 fully saturated rings. The third-order valence-electron chi connectivity index (χ3n) is 7.86. The Balaban J connectivity index is 1.30. The topological polar surface area (TPSA) is 144 Å². The van der Waals surface area contributed by atoms with Crippen molar-refractivity contribution in [1.29, 1.82) is 0 Å². The van der Waals surface area contributed by atoms with Crippen LogP contribution in [0.25, 0.3) is 21.7 Å². The second-order valence-electron chi connectivity index (χ2n) is 11.0. The molecule has 0 aliphatic heterocycles. The van der Waals surface area contributed by atoms with Crippen LogP contribution in [-0.2, 0) is 16.4 Å². The van der Waals surface area contributed by atoms with Gasteiger partial charge in [0.25, 0.3) is 5.91 Å². The maximum Gasteiger partial charge on any atom is 0.257 e. The van der Waals surface area contributed by atoms with Crippen LogP contribution in [0.3, 0.4) is 0 Å². The average Bonchev–Trinajstić information content (AvgIpc) is 3.08. The smallest absolute Gasteiger partial charge is 0.257 e. The van der Waals surface area contributed by atoms with Gasteiger partial charge in [0.15, 0.2) is 9.84 Å². The van der Waals surface area contributed by atoms with E-state index in [4.69, 9.17) is 9.47 Å². The predicted molar refractivity (Wildman–Crippen MR) is 184 cm³/mol. The van der Waals surface area contributed by atoms with Gasteiger partial charge in [-0.1, -0.05) is 18.2 Å². The molecule has 1 amide bonds. The largest absolute Gasteiger partial charge is 0.497 e. The number of hydrogen-bond donors (Lipinski definition) is 3. The van der Waals surface area contributed by atoms with Crippen LogP contribution in [0, 0.1) is 12.7 Å². The fraction of sp³-hybridized carbons (Fsp3) is 0.143. The summed E-state index contributed by atoms with van der Waals surface area (Å²) in [6, 6.07) is 19.7. The fourth-order valence-electron chi connectivity index (χ4n) is 5.36. The Morgan fingerprint density at radius 3 is 2.48 bits per heavy atom. The van der Waals surface area contributed by atoms with Gasteiger partial charge in [-0.05, 0) is 61.0 Å². The Labute approximate surface area is 276 Å². The quantitative estimate of drug-likeness (QED) is 0.136. The highest BCUT2D eigenvalue weighted by Gasteiger charge is 2.18. The van der Waals surface area contributed by atoms with E-state index in [0.29, 0.717) is 56.8 Å². The van der Waals surface area contributed by atoms with Crippen molar-refractivity contribution < 1.29 is 27.1 Å². The lowest BCUT2D eigenvalue weighted by atomic mass is 10.0. The molecule has 244 valence electrons. The van der Waals surface area contributed by atoms with E-state index in [2.05, 4.69) is 30.9 Å². The van der Waals surface area contributed by atoms with Crippen molar-refractivity contribution in [1.82, 2.24) is 15.0 Å². The Kier molecular flexibility index (Phi) is 8.78. The van der Waals surface area contributed by atoms with Gasteiger partial charge in [0.05, 0.1) is 41.6 Å². The number of hydrogen-bond acceptors (Lipinski definition) is 10. The molecule has 6 aromatic rings. The van der Waals surface area contributed by atoms with Gasteiger partial charge < -0.3 is 25.4 Å². The molecule has 3 N–H and O–H groups in total. The molecule has 0 unspecified atom stereocenters. The summed E-state index contributed by atoms with van der Waals surface area (Å²) in [5.41, 5.74) is 2.95. The molecule has 4 aromatic carbocycles. The molecule has 48 heavy (non-hydrogen) atoms. The second-order valence-corrected chi connectivity index (χ2v) is 13.0. The molecule has 0 atom stereocenters. The van der Waals surface area contributed by atoms with Gasteiger partial charge in [-0.2, -0.15) is 0 Å². The van der Waals surface area contributed by atoms with Gasteiger partial charge in [-0.3, -0.25) is 4.79 Å². The van der Waals surface area contributed by atoms with Crippen molar-refractivity contribution in [3.05, 3.63) is 108 Å². The number of halogens is 1. The molecule has 6 rings (SSSR count). The number of carbonyl (C=O) groups is 1. The molecule has 0 spiro atoms. The first-order valence-electron chi connectivity index (χ1n) is 14.7. The number of anilines is 4. The van der Waals surface area contributed by atoms with Gasteiger partial charge in [0.1, 0.15) is 35.3 Å². The van der Waals surface area contributed by atoms with Crippen LogP contribution >= 0.6 is 0 Å². The van der Waals surface area contributed by atoms with E-state index in [0.717, 1.165) is 23.4 Å². The fourth-order valence-corrected chi connectivity index (χ4v) is 6.00. The minimum absolute atomic E-state index is 0.0341. The van der Waals surface area contributed by atoms with E-state index >= 15 is 0 Å². The number of nitrogens with zero attached hydrogens (tertiary/aromatic N) is 3. The van der Waals surface area contributed by atoms with Crippen molar-refractivity contribution >= 4 is 60.4 Å². The third kappa shape index (κ3) is 6.40. The number of ether oxygens (including phenoxy) is 2.